The quantitative estimate of drug-likeness (QED) is 0.894. The highest BCUT2D eigenvalue weighted by molar-refractivity contribution is 7.17. The Morgan fingerprint density at radius 2 is 2.04 bits per heavy atom. The van der Waals surface area contributed by atoms with Crippen molar-refractivity contribution in [1.82, 2.24) is 14.3 Å². The molecular weight excluding hydrogens is 318 g/mol. The van der Waals surface area contributed by atoms with Crippen LogP contribution in [0.4, 0.5) is 0 Å². The van der Waals surface area contributed by atoms with E-state index in [0.717, 1.165) is 10.6 Å². The first kappa shape index (κ1) is 17.1. The number of thiazole rings is 1. The normalized spacial score (nSPS) is 11.2. The monoisotopic (exact) mass is 337 g/mol. The summed E-state index contributed by atoms with van der Waals surface area (Å²) < 4.78 is 1.40. The Bertz CT molecular complexity index is 822. The standard InChI is InChI=1S/C15H19N3O4S/c1-8(2)6-17(7-12(19)20)13(21)11-5-16-15-18(14(11)22)9(3)10(4)23-15/h5,8H,6-7H2,1-4H3,(H,19,20). The van der Waals surface area contributed by atoms with E-state index in [1.807, 2.05) is 20.8 Å². The number of hydrogen-bond donors (Lipinski definition) is 1. The predicted molar refractivity (Wildman–Crippen MR) is 87.2 cm³/mol. The molecule has 0 radical (unpaired) electrons. The minimum absolute atomic E-state index is 0.0860. The van der Waals surface area contributed by atoms with Gasteiger partial charge in [0, 0.05) is 23.3 Å². The van der Waals surface area contributed by atoms with Gasteiger partial charge in [0.2, 0.25) is 0 Å². The molecule has 8 heteroatoms. The number of aryl methyl sites for hydroxylation is 2. The van der Waals surface area contributed by atoms with Gasteiger partial charge in [-0.05, 0) is 19.8 Å². The van der Waals surface area contributed by atoms with Crippen LogP contribution in [0.1, 0.15) is 34.8 Å². The summed E-state index contributed by atoms with van der Waals surface area (Å²) in [7, 11) is 0. The lowest BCUT2D eigenvalue weighted by atomic mass is 10.2. The highest BCUT2D eigenvalue weighted by Gasteiger charge is 2.24. The van der Waals surface area contributed by atoms with Crippen LogP contribution >= 0.6 is 11.3 Å². The first-order valence-corrected chi connectivity index (χ1v) is 8.02. The van der Waals surface area contributed by atoms with E-state index in [4.69, 9.17) is 5.11 Å². The van der Waals surface area contributed by atoms with Crippen LogP contribution in [0.2, 0.25) is 0 Å². The third-order valence-corrected chi connectivity index (χ3v) is 4.52. The zero-order valence-electron chi connectivity index (χ0n) is 13.5. The van der Waals surface area contributed by atoms with Gasteiger partial charge in [0.1, 0.15) is 12.1 Å². The second-order valence-corrected chi connectivity index (χ2v) is 6.99. The zero-order valence-corrected chi connectivity index (χ0v) is 14.3. The van der Waals surface area contributed by atoms with E-state index in [0.29, 0.717) is 4.96 Å². The van der Waals surface area contributed by atoms with Crippen LogP contribution in [0.3, 0.4) is 0 Å². The van der Waals surface area contributed by atoms with Gasteiger partial charge < -0.3 is 10.0 Å². The molecule has 0 spiro atoms. The molecule has 0 saturated carbocycles. The van der Waals surface area contributed by atoms with Crippen molar-refractivity contribution in [3.63, 3.8) is 0 Å². The molecule has 23 heavy (non-hydrogen) atoms. The summed E-state index contributed by atoms with van der Waals surface area (Å²) >= 11 is 1.38. The van der Waals surface area contributed by atoms with E-state index < -0.39 is 24.0 Å². The van der Waals surface area contributed by atoms with E-state index in [-0.39, 0.29) is 18.0 Å². The number of fused-ring (bicyclic) bond motifs is 1. The highest BCUT2D eigenvalue weighted by atomic mass is 32.1. The van der Waals surface area contributed by atoms with Crippen LogP contribution in [0.25, 0.3) is 4.96 Å². The number of amides is 1. The number of rotatable bonds is 5. The molecule has 0 fully saturated rings. The van der Waals surface area contributed by atoms with Gasteiger partial charge in [-0.3, -0.25) is 18.8 Å². The summed E-state index contributed by atoms with van der Waals surface area (Å²) in [6, 6.07) is 0. The number of carbonyl (C=O) groups is 2. The zero-order chi connectivity index (χ0) is 17.3. The van der Waals surface area contributed by atoms with Crippen molar-refractivity contribution in [3.05, 3.63) is 32.7 Å². The van der Waals surface area contributed by atoms with E-state index in [9.17, 15) is 14.4 Å². The molecule has 124 valence electrons. The van der Waals surface area contributed by atoms with E-state index in [1.54, 1.807) is 6.92 Å². The molecule has 0 aliphatic rings. The van der Waals surface area contributed by atoms with Crippen molar-refractivity contribution in [2.75, 3.05) is 13.1 Å². The van der Waals surface area contributed by atoms with Crippen LogP contribution in [0, 0.1) is 19.8 Å². The average molecular weight is 337 g/mol. The van der Waals surface area contributed by atoms with E-state index in [2.05, 4.69) is 4.98 Å². The average Bonchev–Trinajstić information content (AvgIpc) is 2.73. The number of carbonyl (C=O) groups excluding carboxylic acids is 1. The van der Waals surface area contributed by atoms with Gasteiger partial charge in [0.15, 0.2) is 4.96 Å². The summed E-state index contributed by atoms with van der Waals surface area (Å²) in [4.78, 5) is 43.0. The van der Waals surface area contributed by atoms with Crippen LogP contribution < -0.4 is 5.56 Å². The number of hydrogen-bond acceptors (Lipinski definition) is 5. The van der Waals surface area contributed by atoms with Crippen LogP contribution in [-0.2, 0) is 4.79 Å². The number of carboxylic acid groups (broad SMARTS) is 1. The minimum Gasteiger partial charge on any atom is -0.480 e. The SMILES string of the molecule is Cc1sc2ncc(C(=O)N(CC(=O)O)CC(C)C)c(=O)n2c1C. The molecule has 1 amide bonds. The van der Waals surface area contributed by atoms with Gasteiger partial charge in [-0.2, -0.15) is 0 Å². The minimum atomic E-state index is -1.12. The number of aromatic nitrogens is 2. The van der Waals surface area contributed by atoms with E-state index in [1.165, 1.54) is 26.8 Å². The molecule has 0 unspecified atom stereocenters. The summed E-state index contributed by atoms with van der Waals surface area (Å²) in [5.41, 5.74) is 0.178. The molecule has 0 aliphatic heterocycles. The fourth-order valence-corrected chi connectivity index (χ4v) is 3.25. The Labute approximate surface area is 137 Å². The lowest BCUT2D eigenvalue weighted by Gasteiger charge is -2.22. The topological polar surface area (TPSA) is 92.0 Å². The molecule has 0 aliphatic carbocycles. The van der Waals surface area contributed by atoms with E-state index >= 15 is 0 Å². The lowest BCUT2D eigenvalue weighted by molar-refractivity contribution is -0.137. The molecule has 0 atom stereocenters. The Morgan fingerprint density at radius 3 is 2.61 bits per heavy atom. The molecule has 2 heterocycles. The van der Waals surface area contributed by atoms with Gasteiger partial charge in [-0.25, -0.2) is 4.98 Å². The maximum absolute atomic E-state index is 12.6. The molecular formula is C15H19N3O4S. The fourth-order valence-electron chi connectivity index (χ4n) is 2.32. The second kappa shape index (κ2) is 6.49. The molecule has 2 aromatic rings. The first-order valence-electron chi connectivity index (χ1n) is 7.21. The van der Waals surface area contributed by atoms with Crippen molar-refractivity contribution in [2.45, 2.75) is 27.7 Å². The Morgan fingerprint density at radius 1 is 1.39 bits per heavy atom. The maximum atomic E-state index is 12.6. The van der Waals surface area contributed by atoms with Gasteiger partial charge in [-0.1, -0.05) is 13.8 Å². The van der Waals surface area contributed by atoms with Gasteiger partial charge >= 0.3 is 5.97 Å². The second-order valence-electron chi connectivity index (χ2n) is 5.81. The van der Waals surface area contributed by atoms with Crippen molar-refractivity contribution < 1.29 is 14.7 Å². The Balaban J connectivity index is 2.50. The molecule has 0 bridgehead atoms. The fraction of sp³-hybridized carbons (Fsp3) is 0.467. The number of carboxylic acids is 1. The molecule has 2 aromatic heterocycles. The van der Waals surface area contributed by atoms with Crippen molar-refractivity contribution in [3.8, 4) is 0 Å². The predicted octanol–water partition coefficient (Wildman–Crippen LogP) is 1.56. The van der Waals surface area contributed by atoms with Crippen LogP contribution in [0.15, 0.2) is 11.0 Å². The van der Waals surface area contributed by atoms with Crippen LogP contribution in [-0.4, -0.2) is 44.4 Å². The van der Waals surface area contributed by atoms with Gasteiger partial charge in [0.05, 0.1) is 0 Å². The molecule has 7 nitrogen and oxygen atoms in total. The smallest absolute Gasteiger partial charge is 0.323 e. The summed E-state index contributed by atoms with van der Waals surface area (Å²) in [5.74, 6) is -1.63. The van der Waals surface area contributed by atoms with Crippen molar-refractivity contribution >= 4 is 28.2 Å². The maximum Gasteiger partial charge on any atom is 0.323 e. The van der Waals surface area contributed by atoms with Crippen LogP contribution in [0.5, 0.6) is 0 Å². The third-order valence-electron chi connectivity index (χ3n) is 3.45. The Kier molecular flexibility index (Phi) is 4.84. The first-order chi connectivity index (χ1) is 10.7. The van der Waals surface area contributed by atoms with Gasteiger partial charge in [0.25, 0.3) is 11.5 Å². The van der Waals surface area contributed by atoms with Crippen molar-refractivity contribution in [1.29, 1.82) is 0 Å². The molecule has 0 aromatic carbocycles. The molecule has 2 rings (SSSR count). The number of nitrogens with zero attached hydrogens (tertiary/aromatic N) is 3. The Hall–Kier alpha value is -2.22. The number of aliphatic carboxylic acids is 1. The summed E-state index contributed by atoms with van der Waals surface area (Å²) in [6.45, 7) is 7.24. The highest BCUT2D eigenvalue weighted by Crippen LogP contribution is 2.18. The summed E-state index contributed by atoms with van der Waals surface area (Å²) in [5, 5.41) is 8.99. The third kappa shape index (κ3) is 3.42. The molecule has 0 saturated heterocycles. The lowest BCUT2D eigenvalue weighted by Crippen LogP contribution is -2.41. The molecule has 1 N–H and O–H groups in total. The van der Waals surface area contributed by atoms with Gasteiger partial charge in [-0.15, -0.1) is 11.3 Å². The summed E-state index contributed by atoms with van der Waals surface area (Å²) in [6.07, 6.45) is 1.24. The largest absolute Gasteiger partial charge is 0.480 e. The van der Waals surface area contributed by atoms with Crippen molar-refractivity contribution in [2.24, 2.45) is 5.92 Å².